The predicted molar refractivity (Wildman–Crippen MR) is 73.8 cm³/mol. The number of hydrogen-bond donors (Lipinski definition) is 0. The summed E-state index contributed by atoms with van der Waals surface area (Å²) in [5, 5.41) is 0.662. The van der Waals surface area contributed by atoms with Gasteiger partial charge >= 0.3 is 0 Å². The van der Waals surface area contributed by atoms with E-state index in [4.69, 9.17) is 16.3 Å². The molecule has 0 bridgehead atoms. The smallest absolute Gasteiger partial charge is 0.118 e. The number of methoxy groups -OCH3 is 1. The fraction of sp³-hybridized carbons (Fsp3) is 0.143. The molecule has 0 aliphatic carbocycles. The third kappa shape index (κ3) is 3.02. The minimum absolute atomic E-state index is 0.662. The lowest BCUT2D eigenvalue weighted by molar-refractivity contribution is 0.414. The van der Waals surface area contributed by atoms with Gasteiger partial charge in [0.2, 0.25) is 0 Å². The Kier molecular flexibility index (Phi) is 4.08. The monoisotopic (exact) mass is 309 g/mol. The van der Waals surface area contributed by atoms with Gasteiger partial charge in [-0.1, -0.05) is 45.7 Å². The van der Waals surface area contributed by atoms with Gasteiger partial charge in [0.05, 0.1) is 12.1 Å². The maximum Gasteiger partial charge on any atom is 0.118 e. The summed E-state index contributed by atoms with van der Waals surface area (Å²) in [6.45, 7) is 0. The summed E-state index contributed by atoms with van der Waals surface area (Å²) < 4.78 is 6.14. The number of halogens is 2. The number of rotatable bonds is 3. The SMILES string of the molecule is COc1ccc(Cc2c(Cl)[c]ccc2Br)cc1. The molecule has 2 aromatic carbocycles. The molecule has 1 radical (unpaired) electrons. The van der Waals surface area contributed by atoms with Crippen molar-refractivity contribution in [3.8, 4) is 5.75 Å². The largest absolute Gasteiger partial charge is 0.497 e. The van der Waals surface area contributed by atoms with Gasteiger partial charge in [0.25, 0.3) is 0 Å². The van der Waals surface area contributed by atoms with E-state index in [1.807, 2.05) is 36.4 Å². The number of hydrogen-bond acceptors (Lipinski definition) is 1. The van der Waals surface area contributed by atoms with Gasteiger partial charge in [-0.3, -0.25) is 0 Å². The van der Waals surface area contributed by atoms with Crippen molar-refractivity contribution in [2.24, 2.45) is 0 Å². The van der Waals surface area contributed by atoms with Crippen LogP contribution in [0, 0.1) is 6.07 Å². The van der Waals surface area contributed by atoms with Gasteiger partial charge in [-0.25, -0.2) is 0 Å². The van der Waals surface area contributed by atoms with Crippen molar-refractivity contribution in [1.29, 1.82) is 0 Å². The van der Waals surface area contributed by atoms with Gasteiger partial charge in [-0.15, -0.1) is 0 Å². The Morgan fingerprint density at radius 3 is 2.53 bits per heavy atom. The van der Waals surface area contributed by atoms with Crippen molar-refractivity contribution in [1.82, 2.24) is 0 Å². The Morgan fingerprint density at radius 2 is 1.94 bits per heavy atom. The Labute approximate surface area is 115 Å². The molecule has 2 rings (SSSR count). The molecule has 0 amide bonds. The van der Waals surface area contributed by atoms with Crippen LogP contribution >= 0.6 is 27.5 Å². The van der Waals surface area contributed by atoms with Crippen molar-refractivity contribution >= 4 is 27.5 Å². The second-order valence-corrected chi connectivity index (χ2v) is 4.88. The molecule has 1 nitrogen and oxygen atoms in total. The fourth-order valence-corrected chi connectivity index (χ4v) is 2.41. The molecule has 0 saturated carbocycles. The van der Waals surface area contributed by atoms with Crippen molar-refractivity contribution in [2.45, 2.75) is 6.42 Å². The fourth-order valence-electron chi connectivity index (χ4n) is 1.59. The highest BCUT2D eigenvalue weighted by atomic mass is 79.9. The highest BCUT2D eigenvalue weighted by molar-refractivity contribution is 9.10. The molecule has 2 aromatic rings. The normalized spacial score (nSPS) is 10.3. The molecule has 0 spiro atoms. The molecule has 0 unspecified atom stereocenters. The van der Waals surface area contributed by atoms with Crippen LogP contribution in [0.2, 0.25) is 5.02 Å². The maximum atomic E-state index is 6.13. The Hall–Kier alpha value is -0.990. The van der Waals surface area contributed by atoms with E-state index in [9.17, 15) is 0 Å². The molecule has 0 aliphatic heterocycles. The molecular formula is C14H11BrClO. The van der Waals surface area contributed by atoms with Crippen LogP contribution in [0.1, 0.15) is 11.1 Å². The first kappa shape index (κ1) is 12.5. The summed E-state index contributed by atoms with van der Waals surface area (Å²) in [6.07, 6.45) is 0.779. The van der Waals surface area contributed by atoms with Gasteiger partial charge in [0.1, 0.15) is 5.75 Å². The van der Waals surface area contributed by atoms with Crippen molar-refractivity contribution < 1.29 is 4.74 Å². The zero-order valence-corrected chi connectivity index (χ0v) is 11.7. The van der Waals surface area contributed by atoms with Crippen LogP contribution < -0.4 is 4.74 Å². The molecule has 0 aliphatic rings. The van der Waals surface area contributed by atoms with E-state index in [0.29, 0.717) is 5.02 Å². The molecule has 3 heteroatoms. The van der Waals surface area contributed by atoms with Crippen LogP contribution in [0.4, 0.5) is 0 Å². The van der Waals surface area contributed by atoms with Crippen LogP contribution in [0.15, 0.2) is 40.9 Å². The lowest BCUT2D eigenvalue weighted by atomic mass is 10.1. The highest BCUT2D eigenvalue weighted by Crippen LogP contribution is 2.27. The Morgan fingerprint density at radius 1 is 1.24 bits per heavy atom. The Balaban J connectivity index is 2.25. The predicted octanol–water partition coefficient (Wildman–Crippen LogP) is 4.50. The highest BCUT2D eigenvalue weighted by Gasteiger charge is 2.06. The molecule has 87 valence electrons. The van der Waals surface area contributed by atoms with E-state index in [-0.39, 0.29) is 0 Å². The topological polar surface area (TPSA) is 9.23 Å². The third-order valence-corrected chi connectivity index (χ3v) is 3.61. The van der Waals surface area contributed by atoms with Gasteiger partial charge in [-0.05, 0) is 29.3 Å². The standard InChI is InChI=1S/C14H11BrClO/c1-17-11-7-5-10(6-8-11)9-12-13(15)3-2-4-14(12)16/h2-3,5-8H,9H2,1H3. The second kappa shape index (κ2) is 5.56. The molecule has 17 heavy (non-hydrogen) atoms. The molecule has 0 atom stereocenters. The Bertz CT molecular complexity index is 488. The van der Waals surface area contributed by atoms with Gasteiger partial charge in [-0.2, -0.15) is 0 Å². The summed E-state index contributed by atoms with van der Waals surface area (Å²) >= 11 is 9.63. The van der Waals surface area contributed by atoms with Gasteiger partial charge < -0.3 is 4.74 Å². The quantitative estimate of drug-likeness (QED) is 0.811. The summed E-state index contributed by atoms with van der Waals surface area (Å²) in [7, 11) is 1.66. The third-order valence-electron chi connectivity index (χ3n) is 2.53. The van der Waals surface area contributed by atoms with E-state index >= 15 is 0 Å². The van der Waals surface area contributed by atoms with E-state index < -0.39 is 0 Å². The number of ether oxygens (including phenoxy) is 1. The van der Waals surface area contributed by atoms with Gasteiger partial charge in [0.15, 0.2) is 0 Å². The zero-order chi connectivity index (χ0) is 12.3. The van der Waals surface area contributed by atoms with Crippen LogP contribution in [0.3, 0.4) is 0 Å². The van der Waals surface area contributed by atoms with E-state index in [0.717, 1.165) is 22.2 Å². The zero-order valence-electron chi connectivity index (χ0n) is 9.34. The summed E-state index contributed by atoms with van der Waals surface area (Å²) in [4.78, 5) is 0. The lowest BCUT2D eigenvalue weighted by Gasteiger charge is -2.07. The number of benzene rings is 2. The average molecular weight is 311 g/mol. The molecule has 0 fully saturated rings. The van der Waals surface area contributed by atoms with Crippen LogP contribution in [0.5, 0.6) is 5.75 Å². The summed E-state index contributed by atoms with van der Waals surface area (Å²) in [5.41, 5.74) is 2.24. The van der Waals surface area contributed by atoms with E-state index in [1.54, 1.807) is 7.11 Å². The summed E-state index contributed by atoms with van der Waals surface area (Å²) in [6, 6.07) is 14.7. The van der Waals surface area contributed by atoms with Crippen molar-refractivity contribution in [2.75, 3.05) is 7.11 Å². The first-order valence-electron chi connectivity index (χ1n) is 5.18. The van der Waals surface area contributed by atoms with E-state index in [1.165, 1.54) is 5.56 Å². The van der Waals surface area contributed by atoms with Crippen molar-refractivity contribution in [3.05, 3.63) is 63.1 Å². The van der Waals surface area contributed by atoms with Gasteiger partial charge in [0, 0.05) is 17.0 Å². The molecule has 0 heterocycles. The van der Waals surface area contributed by atoms with Crippen LogP contribution in [-0.2, 0) is 6.42 Å². The van der Waals surface area contributed by atoms with E-state index in [2.05, 4.69) is 22.0 Å². The van der Waals surface area contributed by atoms with Crippen LogP contribution in [-0.4, -0.2) is 7.11 Å². The molecule has 0 saturated heterocycles. The molecular weight excluding hydrogens is 300 g/mol. The summed E-state index contributed by atoms with van der Waals surface area (Å²) in [5.74, 6) is 0.860. The van der Waals surface area contributed by atoms with Crippen molar-refractivity contribution in [3.63, 3.8) is 0 Å². The maximum absolute atomic E-state index is 6.13. The first-order valence-corrected chi connectivity index (χ1v) is 6.35. The second-order valence-electron chi connectivity index (χ2n) is 3.64. The lowest BCUT2D eigenvalue weighted by Crippen LogP contribution is -1.91. The minimum Gasteiger partial charge on any atom is -0.497 e. The minimum atomic E-state index is 0.662. The average Bonchev–Trinajstić information content (AvgIpc) is 2.35. The van der Waals surface area contributed by atoms with Crippen LogP contribution in [0.25, 0.3) is 0 Å². The molecule has 0 aromatic heterocycles. The first-order chi connectivity index (χ1) is 8.20. The molecule has 0 N–H and O–H groups in total.